The SMILES string of the molecule is Cc1nc(CN2CCc3ncc(Cn4cccn4)n3CC2)cs1. The van der Waals surface area contributed by atoms with Crippen molar-refractivity contribution in [3.63, 3.8) is 0 Å². The number of imidazole rings is 1. The van der Waals surface area contributed by atoms with Crippen molar-refractivity contribution in [3.05, 3.63) is 52.3 Å². The average Bonchev–Trinajstić information content (AvgIpc) is 3.24. The van der Waals surface area contributed by atoms with Crippen molar-refractivity contribution in [2.75, 3.05) is 13.1 Å². The lowest BCUT2D eigenvalue weighted by molar-refractivity contribution is 0.268. The summed E-state index contributed by atoms with van der Waals surface area (Å²) in [4.78, 5) is 11.7. The summed E-state index contributed by atoms with van der Waals surface area (Å²) in [5.74, 6) is 1.18. The standard InChI is InChI=1S/C16H20N6S/c1-13-19-14(12-23-13)10-20-6-3-16-17-9-15(22(16)8-7-20)11-21-5-2-4-18-21/h2,4-5,9,12H,3,6-8,10-11H2,1H3. The van der Waals surface area contributed by atoms with Crippen LogP contribution in [0.5, 0.6) is 0 Å². The summed E-state index contributed by atoms with van der Waals surface area (Å²) in [5.41, 5.74) is 2.42. The van der Waals surface area contributed by atoms with Crippen molar-refractivity contribution in [1.29, 1.82) is 0 Å². The molecule has 0 spiro atoms. The highest BCUT2D eigenvalue weighted by molar-refractivity contribution is 7.09. The number of aromatic nitrogens is 5. The zero-order chi connectivity index (χ0) is 15.6. The second-order valence-corrected chi connectivity index (χ2v) is 6.97. The molecule has 23 heavy (non-hydrogen) atoms. The molecule has 4 rings (SSSR count). The molecular formula is C16H20N6S. The summed E-state index contributed by atoms with van der Waals surface area (Å²) in [6, 6.07) is 1.96. The summed E-state index contributed by atoms with van der Waals surface area (Å²) >= 11 is 1.73. The van der Waals surface area contributed by atoms with Gasteiger partial charge in [-0.25, -0.2) is 9.97 Å². The fourth-order valence-corrected chi connectivity index (χ4v) is 3.70. The fourth-order valence-electron chi connectivity index (χ4n) is 3.09. The van der Waals surface area contributed by atoms with E-state index in [0.29, 0.717) is 0 Å². The van der Waals surface area contributed by atoms with E-state index in [9.17, 15) is 0 Å². The molecule has 0 aliphatic carbocycles. The summed E-state index contributed by atoms with van der Waals surface area (Å²) in [6.45, 7) is 6.83. The van der Waals surface area contributed by atoms with Crippen LogP contribution in [0.4, 0.5) is 0 Å². The number of hydrogen-bond donors (Lipinski definition) is 0. The molecule has 0 radical (unpaired) electrons. The van der Waals surface area contributed by atoms with E-state index in [1.165, 1.54) is 17.2 Å². The third kappa shape index (κ3) is 3.20. The molecule has 0 N–H and O–H groups in total. The molecule has 0 aromatic carbocycles. The van der Waals surface area contributed by atoms with Crippen LogP contribution in [0.15, 0.2) is 30.0 Å². The van der Waals surface area contributed by atoms with Gasteiger partial charge in [0.15, 0.2) is 0 Å². The maximum absolute atomic E-state index is 4.62. The summed E-state index contributed by atoms with van der Waals surface area (Å²) in [6.07, 6.45) is 6.80. The number of fused-ring (bicyclic) bond motifs is 1. The van der Waals surface area contributed by atoms with Crippen molar-refractivity contribution in [2.24, 2.45) is 0 Å². The van der Waals surface area contributed by atoms with Crippen molar-refractivity contribution in [1.82, 2.24) is 29.2 Å². The molecule has 120 valence electrons. The van der Waals surface area contributed by atoms with E-state index >= 15 is 0 Å². The molecule has 0 atom stereocenters. The molecule has 0 bridgehead atoms. The van der Waals surface area contributed by atoms with Gasteiger partial charge >= 0.3 is 0 Å². The number of rotatable bonds is 4. The molecule has 0 saturated carbocycles. The predicted molar refractivity (Wildman–Crippen MR) is 89.4 cm³/mol. The molecular weight excluding hydrogens is 308 g/mol. The van der Waals surface area contributed by atoms with Gasteiger partial charge in [-0.3, -0.25) is 9.58 Å². The van der Waals surface area contributed by atoms with Crippen LogP contribution in [0, 0.1) is 6.92 Å². The first-order valence-electron chi connectivity index (χ1n) is 7.92. The van der Waals surface area contributed by atoms with Crippen molar-refractivity contribution in [2.45, 2.75) is 33.0 Å². The second kappa shape index (κ2) is 6.25. The first kappa shape index (κ1) is 14.6. The Bertz CT molecular complexity index is 772. The smallest absolute Gasteiger partial charge is 0.110 e. The van der Waals surface area contributed by atoms with Gasteiger partial charge < -0.3 is 4.57 Å². The van der Waals surface area contributed by atoms with Gasteiger partial charge in [0, 0.05) is 50.4 Å². The van der Waals surface area contributed by atoms with E-state index in [1.54, 1.807) is 11.3 Å². The monoisotopic (exact) mass is 328 g/mol. The Morgan fingerprint density at radius 3 is 2.96 bits per heavy atom. The van der Waals surface area contributed by atoms with Crippen LogP contribution in [-0.2, 0) is 26.1 Å². The number of hydrogen-bond acceptors (Lipinski definition) is 5. The Kier molecular flexibility index (Phi) is 3.97. The fraction of sp³-hybridized carbons (Fsp3) is 0.438. The van der Waals surface area contributed by atoms with Crippen LogP contribution in [0.25, 0.3) is 0 Å². The van der Waals surface area contributed by atoms with Gasteiger partial charge in [0.1, 0.15) is 5.82 Å². The van der Waals surface area contributed by atoms with Gasteiger partial charge in [0.05, 0.1) is 29.1 Å². The molecule has 3 aromatic rings. The van der Waals surface area contributed by atoms with Crippen LogP contribution in [-0.4, -0.2) is 42.3 Å². The summed E-state index contributed by atoms with van der Waals surface area (Å²) < 4.78 is 4.30. The lowest BCUT2D eigenvalue weighted by Crippen LogP contribution is -2.26. The average molecular weight is 328 g/mol. The topological polar surface area (TPSA) is 51.8 Å². The van der Waals surface area contributed by atoms with Gasteiger partial charge in [-0.15, -0.1) is 11.3 Å². The third-order valence-electron chi connectivity index (χ3n) is 4.25. The Morgan fingerprint density at radius 1 is 1.22 bits per heavy atom. The molecule has 3 aromatic heterocycles. The van der Waals surface area contributed by atoms with Gasteiger partial charge in [-0.1, -0.05) is 0 Å². The highest BCUT2D eigenvalue weighted by Crippen LogP contribution is 2.16. The Balaban J connectivity index is 1.45. The first-order valence-corrected chi connectivity index (χ1v) is 8.80. The van der Waals surface area contributed by atoms with Crippen LogP contribution < -0.4 is 0 Å². The quantitative estimate of drug-likeness (QED) is 0.734. The molecule has 1 aliphatic rings. The van der Waals surface area contributed by atoms with Gasteiger partial charge in [-0.2, -0.15) is 5.10 Å². The first-order chi connectivity index (χ1) is 11.3. The van der Waals surface area contributed by atoms with Crippen LogP contribution in [0.2, 0.25) is 0 Å². The Morgan fingerprint density at radius 2 is 2.17 bits per heavy atom. The van der Waals surface area contributed by atoms with Crippen molar-refractivity contribution in [3.8, 4) is 0 Å². The molecule has 7 heteroatoms. The number of nitrogens with zero attached hydrogens (tertiary/aromatic N) is 6. The maximum Gasteiger partial charge on any atom is 0.110 e. The van der Waals surface area contributed by atoms with Gasteiger partial charge in [0.2, 0.25) is 0 Å². The zero-order valence-electron chi connectivity index (χ0n) is 13.2. The molecule has 1 aliphatic heterocycles. The second-order valence-electron chi connectivity index (χ2n) is 5.91. The van der Waals surface area contributed by atoms with Crippen molar-refractivity contribution >= 4 is 11.3 Å². The molecule has 0 amide bonds. The van der Waals surface area contributed by atoms with E-state index in [1.807, 2.05) is 29.3 Å². The van der Waals surface area contributed by atoms with E-state index in [2.05, 4.69) is 36.8 Å². The Labute approximate surface area is 139 Å². The highest BCUT2D eigenvalue weighted by Gasteiger charge is 2.18. The van der Waals surface area contributed by atoms with Crippen LogP contribution in [0.1, 0.15) is 22.2 Å². The Hall–Kier alpha value is -1.99. The number of aryl methyl sites for hydroxylation is 1. The minimum atomic E-state index is 0.783. The van der Waals surface area contributed by atoms with E-state index in [4.69, 9.17) is 0 Å². The van der Waals surface area contributed by atoms with E-state index < -0.39 is 0 Å². The van der Waals surface area contributed by atoms with Gasteiger partial charge in [0.25, 0.3) is 0 Å². The van der Waals surface area contributed by atoms with Crippen molar-refractivity contribution < 1.29 is 0 Å². The number of thiazole rings is 1. The van der Waals surface area contributed by atoms with Crippen LogP contribution in [0.3, 0.4) is 0 Å². The lowest BCUT2D eigenvalue weighted by Gasteiger charge is -2.18. The zero-order valence-corrected chi connectivity index (χ0v) is 14.0. The molecule has 0 unspecified atom stereocenters. The van der Waals surface area contributed by atoms with Gasteiger partial charge in [-0.05, 0) is 13.0 Å². The summed E-state index contributed by atoms with van der Waals surface area (Å²) in [5, 5.41) is 7.61. The molecule has 6 nitrogen and oxygen atoms in total. The third-order valence-corrected chi connectivity index (χ3v) is 5.07. The maximum atomic E-state index is 4.62. The van der Waals surface area contributed by atoms with E-state index in [-0.39, 0.29) is 0 Å². The van der Waals surface area contributed by atoms with Crippen LogP contribution >= 0.6 is 11.3 Å². The lowest BCUT2D eigenvalue weighted by atomic mass is 10.3. The minimum absolute atomic E-state index is 0.783. The largest absolute Gasteiger partial charge is 0.329 e. The molecule has 0 fully saturated rings. The molecule has 4 heterocycles. The molecule has 0 saturated heterocycles. The van der Waals surface area contributed by atoms with E-state index in [0.717, 1.165) is 44.2 Å². The summed E-state index contributed by atoms with van der Waals surface area (Å²) in [7, 11) is 0. The highest BCUT2D eigenvalue weighted by atomic mass is 32.1. The predicted octanol–water partition coefficient (Wildman–Crippen LogP) is 1.95. The minimum Gasteiger partial charge on any atom is -0.329 e. The normalized spacial score (nSPS) is 15.5.